The molecule has 1 aromatic rings. The summed E-state index contributed by atoms with van der Waals surface area (Å²) in [6.07, 6.45) is 4.84. The van der Waals surface area contributed by atoms with E-state index in [1.165, 1.54) is 6.42 Å². The summed E-state index contributed by atoms with van der Waals surface area (Å²) < 4.78 is 6.48. The van der Waals surface area contributed by atoms with E-state index >= 15 is 0 Å². The van der Waals surface area contributed by atoms with E-state index < -0.39 is 5.60 Å². The van der Waals surface area contributed by atoms with Gasteiger partial charge in [0.2, 0.25) is 0 Å². The van der Waals surface area contributed by atoms with E-state index in [4.69, 9.17) is 10.00 Å². The van der Waals surface area contributed by atoms with Crippen LogP contribution in [-0.2, 0) is 0 Å². The molecule has 0 heterocycles. The Balaban J connectivity index is 2.04. The largest absolute Gasteiger partial charge is 0.489 e. The van der Waals surface area contributed by atoms with Gasteiger partial charge >= 0.3 is 0 Å². The Hall–Kier alpha value is -1.05. The maximum Gasteiger partial charge on any atom is 0.137 e. The van der Waals surface area contributed by atoms with Crippen LogP contribution < -0.4 is 4.74 Å². The molecule has 1 N–H and O–H groups in total. The predicted molar refractivity (Wildman–Crippen MR) is 72.4 cm³/mol. The number of rotatable bonds is 3. The molecule has 18 heavy (non-hydrogen) atoms. The first-order chi connectivity index (χ1) is 8.63. The van der Waals surface area contributed by atoms with E-state index in [9.17, 15) is 5.11 Å². The third-order valence-corrected chi connectivity index (χ3v) is 3.84. The van der Waals surface area contributed by atoms with Gasteiger partial charge in [0.1, 0.15) is 18.4 Å². The van der Waals surface area contributed by atoms with Crippen LogP contribution >= 0.6 is 15.9 Å². The highest BCUT2D eigenvalue weighted by atomic mass is 79.9. The zero-order chi connectivity index (χ0) is 13.0. The van der Waals surface area contributed by atoms with Crippen molar-refractivity contribution in [3.8, 4) is 11.8 Å². The Labute approximate surface area is 116 Å². The average Bonchev–Trinajstić information content (AvgIpc) is 2.38. The lowest BCUT2D eigenvalue weighted by Gasteiger charge is -2.31. The van der Waals surface area contributed by atoms with Crippen LogP contribution in [0.25, 0.3) is 0 Å². The van der Waals surface area contributed by atoms with Gasteiger partial charge in [-0.25, -0.2) is 0 Å². The molecule has 0 aromatic heterocycles. The third-order valence-electron chi connectivity index (χ3n) is 3.34. The lowest BCUT2D eigenvalue weighted by atomic mass is 9.85. The van der Waals surface area contributed by atoms with Crippen LogP contribution in [-0.4, -0.2) is 17.3 Å². The van der Waals surface area contributed by atoms with E-state index in [-0.39, 0.29) is 6.61 Å². The fraction of sp³-hybridized carbons (Fsp3) is 0.500. The zero-order valence-electron chi connectivity index (χ0n) is 10.2. The Morgan fingerprint density at radius 2 is 2.06 bits per heavy atom. The lowest BCUT2D eigenvalue weighted by molar-refractivity contribution is -0.0339. The van der Waals surface area contributed by atoms with Gasteiger partial charge in [-0.1, -0.05) is 35.2 Å². The summed E-state index contributed by atoms with van der Waals surface area (Å²) in [4.78, 5) is 0. The second-order valence-corrected chi connectivity index (χ2v) is 5.74. The normalized spacial score (nSPS) is 18.1. The number of benzene rings is 1. The highest BCUT2D eigenvalue weighted by Gasteiger charge is 2.30. The van der Waals surface area contributed by atoms with Crippen molar-refractivity contribution in [2.24, 2.45) is 0 Å². The van der Waals surface area contributed by atoms with Gasteiger partial charge in [-0.05, 0) is 31.0 Å². The van der Waals surface area contributed by atoms with Gasteiger partial charge < -0.3 is 9.84 Å². The molecule has 1 aromatic carbocycles. The molecule has 2 rings (SSSR count). The van der Waals surface area contributed by atoms with Crippen molar-refractivity contribution < 1.29 is 9.84 Å². The van der Waals surface area contributed by atoms with Gasteiger partial charge in [-0.15, -0.1) is 0 Å². The fourth-order valence-corrected chi connectivity index (χ4v) is 2.64. The smallest absolute Gasteiger partial charge is 0.137 e. The lowest BCUT2D eigenvalue weighted by Crippen LogP contribution is -2.38. The monoisotopic (exact) mass is 309 g/mol. The van der Waals surface area contributed by atoms with Gasteiger partial charge in [0.25, 0.3) is 0 Å². The molecule has 1 aliphatic rings. The van der Waals surface area contributed by atoms with Crippen molar-refractivity contribution in [1.29, 1.82) is 5.26 Å². The standard InChI is InChI=1S/C14H16BrNO2/c15-12-4-5-13(11(8-12)9-16)18-10-14(17)6-2-1-3-7-14/h4-5,8,17H,1-3,6-7,10H2. The molecule has 0 saturated heterocycles. The summed E-state index contributed by atoms with van der Waals surface area (Å²) in [5.74, 6) is 0.541. The molecular weight excluding hydrogens is 294 g/mol. The Kier molecular flexibility index (Phi) is 4.26. The van der Waals surface area contributed by atoms with E-state index in [1.807, 2.05) is 6.07 Å². The number of nitriles is 1. The molecule has 1 aliphatic carbocycles. The van der Waals surface area contributed by atoms with Crippen molar-refractivity contribution in [1.82, 2.24) is 0 Å². The summed E-state index contributed by atoms with van der Waals surface area (Å²) in [6, 6.07) is 7.42. The summed E-state index contributed by atoms with van der Waals surface area (Å²) in [7, 11) is 0. The van der Waals surface area contributed by atoms with Crippen molar-refractivity contribution in [3.05, 3.63) is 28.2 Å². The number of nitrogens with zero attached hydrogens (tertiary/aromatic N) is 1. The van der Waals surface area contributed by atoms with Crippen molar-refractivity contribution in [2.75, 3.05) is 6.61 Å². The molecular formula is C14H16BrNO2. The van der Waals surface area contributed by atoms with Crippen LogP contribution in [0.15, 0.2) is 22.7 Å². The van der Waals surface area contributed by atoms with Crippen LogP contribution in [0.2, 0.25) is 0 Å². The van der Waals surface area contributed by atoms with Crippen LogP contribution in [0, 0.1) is 11.3 Å². The van der Waals surface area contributed by atoms with E-state index in [2.05, 4.69) is 22.0 Å². The minimum Gasteiger partial charge on any atom is -0.489 e. The van der Waals surface area contributed by atoms with Crippen molar-refractivity contribution >= 4 is 15.9 Å². The number of hydrogen-bond acceptors (Lipinski definition) is 3. The second-order valence-electron chi connectivity index (χ2n) is 4.83. The van der Waals surface area contributed by atoms with E-state index in [0.717, 1.165) is 30.2 Å². The first-order valence-electron chi connectivity index (χ1n) is 6.18. The van der Waals surface area contributed by atoms with Crippen LogP contribution in [0.4, 0.5) is 0 Å². The van der Waals surface area contributed by atoms with Crippen molar-refractivity contribution in [2.45, 2.75) is 37.7 Å². The summed E-state index contributed by atoms with van der Waals surface area (Å²) >= 11 is 3.32. The first-order valence-corrected chi connectivity index (χ1v) is 6.97. The van der Waals surface area contributed by atoms with Crippen LogP contribution in [0.3, 0.4) is 0 Å². The Morgan fingerprint density at radius 1 is 1.33 bits per heavy atom. The topological polar surface area (TPSA) is 53.2 Å². The van der Waals surface area contributed by atoms with Gasteiger partial charge in [0.05, 0.1) is 11.2 Å². The third kappa shape index (κ3) is 3.24. The summed E-state index contributed by atoms with van der Waals surface area (Å²) in [5, 5.41) is 19.4. The first kappa shape index (κ1) is 13.4. The fourth-order valence-electron chi connectivity index (χ4n) is 2.28. The number of aliphatic hydroxyl groups is 1. The van der Waals surface area contributed by atoms with Gasteiger partial charge in [0.15, 0.2) is 0 Å². The molecule has 0 aliphatic heterocycles. The molecule has 0 amide bonds. The molecule has 0 bridgehead atoms. The van der Waals surface area contributed by atoms with Gasteiger partial charge in [0, 0.05) is 4.47 Å². The number of halogens is 1. The van der Waals surface area contributed by atoms with Crippen LogP contribution in [0.5, 0.6) is 5.75 Å². The average molecular weight is 310 g/mol. The second kappa shape index (κ2) is 5.73. The Morgan fingerprint density at radius 3 is 2.72 bits per heavy atom. The minimum absolute atomic E-state index is 0.267. The molecule has 0 radical (unpaired) electrons. The maximum absolute atomic E-state index is 10.3. The molecule has 1 fully saturated rings. The molecule has 0 unspecified atom stereocenters. The minimum atomic E-state index is -0.724. The summed E-state index contributed by atoms with van der Waals surface area (Å²) in [5.41, 5.74) is -0.235. The van der Waals surface area contributed by atoms with Crippen LogP contribution in [0.1, 0.15) is 37.7 Å². The number of ether oxygens (including phenoxy) is 1. The molecule has 4 heteroatoms. The SMILES string of the molecule is N#Cc1cc(Br)ccc1OCC1(O)CCCCC1. The molecule has 96 valence electrons. The Bertz CT molecular complexity index is 461. The van der Waals surface area contributed by atoms with Gasteiger partial charge in [-0.3, -0.25) is 0 Å². The maximum atomic E-state index is 10.3. The molecule has 1 saturated carbocycles. The zero-order valence-corrected chi connectivity index (χ0v) is 11.7. The highest BCUT2D eigenvalue weighted by Crippen LogP contribution is 2.30. The number of hydrogen-bond donors (Lipinski definition) is 1. The summed E-state index contributed by atoms with van der Waals surface area (Å²) in [6.45, 7) is 0.267. The van der Waals surface area contributed by atoms with E-state index in [0.29, 0.717) is 11.3 Å². The highest BCUT2D eigenvalue weighted by molar-refractivity contribution is 9.10. The quantitative estimate of drug-likeness (QED) is 0.931. The van der Waals surface area contributed by atoms with E-state index in [1.54, 1.807) is 12.1 Å². The van der Waals surface area contributed by atoms with Crippen molar-refractivity contribution in [3.63, 3.8) is 0 Å². The van der Waals surface area contributed by atoms with Gasteiger partial charge in [-0.2, -0.15) is 5.26 Å². The molecule has 0 atom stereocenters. The molecule has 3 nitrogen and oxygen atoms in total. The molecule has 0 spiro atoms. The predicted octanol–water partition coefficient (Wildman–Crippen LogP) is 3.39.